The van der Waals surface area contributed by atoms with Gasteiger partial charge in [-0.1, -0.05) is 12.1 Å². The Hall–Kier alpha value is -0.820. The second kappa shape index (κ2) is 2.60. The van der Waals surface area contributed by atoms with Crippen LogP contribution in [0.4, 0.5) is 0 Å². The van der Waals surface area contributed by atoms with E-state index in [9.17, 15) is 0 Å². The summed E-state index contributed by atoms with van der Waals surface area (Å²) in [5.41, 5.74) is 2.85. The van der Waals surface area contributed by atoms with Gasteiger partial charge in [-0.25, -0.2) is 0 Å². The molecule has 0 nitrogen and oxygen atoms in total. The molecule has 1 heteroatoms. The summed E-state index contributed by atoms with van der Waals surface area (Å²) in [4.78, 5) is 1.44. The lowest BCUT2D eigenvalue weighted by Crippen LogP contribution is -1.75. The summed E-state index contributed by atoms with van der Waals surface area (Å²) in [5.74, 6) is 0. The number of hydrogen-bond donors (Lipinski definition) is 0. The van der Waals surface area contributed by atoms with Gasteiger partial charge in [0, 0.05) is 9.58 Å². The molecule has 2 rings (SSSR count). The van der Waals surface area contributed by atoms with Crippen molar-refractivity contribution in [2.45, 2.75) is 20.8 Å². The lowest BCUT2D eigenvalue weighted by molar-refractivity contribution is 1.44. The van der Waals surface area contributed by atoms with E-state index in [0.29, 0.717) is 0 Å². The van der Waals surface area contributed by atoms with Crippen molar-refractivity contribution >= 4 is 21.4 Å². The molecule has 0 atom stereocenters. The summed E-state index contributed by atoms with van der Waals surface area (Å²) >= 11 is 1.89. The highest BCUT2D eigenvalue weighted by Crippen LogP contribution is 2.31. The smallest absolute Gasteiger partial charge is 0.0350 e. The molecule has 0 N–H and O–H groups in total. The van der Waals surface area contributed by atoms with Gasteiger partial charge in [-0.15, -0.1) is 11.3 Å². The molecule has 0 unspecified atom stereocenters. The van der Waals surface area contributed by atoms with Gasteiger partial charge in [0.15, 0.2) is 0 Å². The number of aryl methyl sites for hydroxylation is 3. The largest absolute Gasteiger partial charge is 0.140 e. The summed E-state index contributed by atoms with van der Waals surface area (Å²) in [6.07, 6.45) is 0. The van der Waals surface area contributed by atoms with Gasteiger partial charge in [0.25, 0.3) is 0 Å². The molecule has 2 aromatic rings. The van der Waals surface area contributed by atoms with Crippen LogP contribution < -0.4 is 0 Å². The predicted molar refractivity (Wildman–Crippen MR) is 56.0 cm³/mol. The van der Waals surface area contributed by atoms with Crippen molar-refractivity contribution in [3.05, 3.63) is 34.2 Å². The van der Waals surface area contributed by atoms with Crippen LogP contribution in [0.2, 0.25) is 0 Å². The van der Waals surface area contributed by atoms with Crippen molar-refractivity contribution in [2.24, 2.45) is 0 Å². The maximum atomic E-state index is 2.21. The van der Waals surface area contributed by atoms with E-state index in [4.69, 9.17) is 0 Å². The monoisotopic (exact) mass is 176 g/mol. The molecular formula is C11H12S. The number of hydrogen-bond acceptors (Lipinski definition) is 1. The van der Waals surface area contributed by atoms with E-state index in [1.165, 1.54) is 26.1 Å². The average Bonchev–Trinajstić information content (AvgIpc) is 2.29. The number of thiophene rings is 1. The molecule has 1 aromatic carbocycles. The quantitative estimate of drug-likeness (QED) is 0.572. The maximum absolute atomic E-state index is 2.21. The molecule has 0 aliphatic heterocycles. The molecule has 0 spiro atoms. The molecule has 1 aromatic heterocycles. The Bertz CT molecular complexity index is 424. The van der Waals surface area contributed by atoms with Gasteiger partial charge >= 0.3 is 0 Å². The van der Waals surface area contributed by atoms with E-state index in [0.717, 1.165) is 0 Å². The minimum absolute atomic E-state index is 1.40. The van der Waals surface area contributed by atoms with Crippen LogP contribution in [0.25, 0.3) is 10.1 Å². The molecule has 0 radical (unpaired) electrons. The number of benzene rings is 1. The zero-order valence-corrected chi connectivity index (χ0v) is 8.46. The van der Waals surface area contributed by atoms with Gasteiger partial charge in [-0.3, -0.25) is 0 Å². The Balaban J connectivity index is 2.97. The van der Waals surface area contributed by atoms with Crippen molar-refractivity contribution in [1.82, 2.24) is 0 Å². The Morgan fingerprint density at radius 2 is 1.83 bits per heavy atom. The van der Waals surface area contributed by atoms with Gasteiger partial charge in [-0.05, 0) is 43.4 Å². The Morgan fingerprint density at radius 1 is 1.08 bits per heavy atom. The lowest BCUT2D eigenvalue weighted by atomic mass is 10.1. The SMILES string of the molecule is Cc1sc2cccc(C)c2c1C. The van der Waals surface area contributed by atoms with Crippen molar-refractivity contribution in [2.75, 3.05) is 0 Å². The lowest BCUT2D eigenvalue weighted by Gasteiger charge is -1.96. The van der Waals surface area contributed by atoms with Crippen LogP contribution in [0.5, 0.6) is 0 Å². The highest BCUT2D eigenvalue weighted by molar-refractivity contribution is 7.19. The molecule has 62 valence electrons. The van der Waals surface area contributed by atoms with Gasteiger partial charge in [0.1, 0.15) is 0 Å². The first kappa shape index (κ1) is 7.81. The molecular weight excluding hydrogens is 164 g/mol. The third-order valence-corrected chi connectivity index (χ3v) is 3.57. The van der Waals surface area contributed by atoms with Crippen LogP contribution in [0.3, 0.4) is 0 Å². The third kappa shape index (κ3) is 0.969. The van der Waals surface area contributed by atoms with E-state index < -0.39 is 0 Å². The molecule has 0 saturated heterocycles. The van der Waals surface area contributed by atoms with E-state index in [2.05, 4.69) is 39.0 Å². The molecule has 0 aliphatic carbocycles. The van der Waals surface area contributed by atoms with Gasteiger partial charge < -0.3 is 0 Å². The second-order valence-corrected chi connectivity index (χ2v) is 4.49. The van der Waals surface area contributed by atoms with Crippen molar-refractivity contribution < 1.29 is 0 Å². The third-order valence-electron chi connectivity index (χ3n) is 2.40. The summed E-state index contributed by atoms with van der Waals surface area (Å²) in [5, 5.41) is 1.46. The van der Waals surface area contributed by atoms with Gasteiger partial charge in [0.2, 0.25) is 0 Å². The first-order chi connectivity index (χ1) is 5.70. The Labute approximate surface area is 76.8 Å². The predicted octanol–water partition coefficient (Wildman–Crippen LogP) is 3.83. The topological polar surface area (TPSA) is 0 Å². The van der Waals surface area contributed by atoms with E-state index in [-0.39, 0.29) is 0 Å². The van der Waals surface area contributed by atoms with Crippen LogP contribution in [0.15, 0.2) is 18.2 Å². The zero-order chi connectivity index (χ0) is 8.72. The van der Waals surface area contributed by atoms with Crippen LogP contribution in [0, 0.1) is 20.8 Å². The van der Waals surface area contributed by atoms with E-state index in [1.807, 2.05) is 11.3 Å². The highest BCUT2D eigenvalue weighted by Gasteiger charge is 2.05. The van der Waals surface area contributed by atoms with Crippen LogP contribution >= 0.6 is 11.3 Å². The normalized spacial score (nSPS) is 10.9. The summed E-state index contributed by atoms with van der Waals surface area (Å²) < 4.78 is 1.42. The fourth-order valence-electron chi connectivity index (χ4n) is 1.62. The molecule has 1 heterocycles. The van der Waals surface area contributed by atoms with Gasteiger partial charge in [0.05, 0.1) is 0 Å². The molecule has 12 heavy (non-hydrogen) atoms. The first-order valence-electron chi connectivity index (χ1n) is 4.15. The summed E-state index contributed by atoms with van der Waals surface area (Å²) in [6, 6.07) is 6.52. The molecule has 0 amide bonds. The highest BCUT2D eigenvalue weighted by atomic mass is 32.1. The minimum Gasteiger partial charge on any atom is -0.140 e. The number of rotatable bonds is 0. The average molecular weight is 176 g/mol. The second-order valence-electron chi connectivity index (χ2n) is 3.23. The van der Waals surface area contributed by atoms with E-state index in [1.54, 1.807) is 0 Å². The fraction of sp³-hybridized carbons (Fsp3) is 0.273. The van der Waals surface area contributed by atoms with Crippen molar-refractivity contribution in [3.8, 4) is 0 Å². The van der Waals surface area contributed by atoms with E-state index >= 15 is 0 Å². The standard InChI is InChI=1S/C11H12S/c1-7-5-4-6-10-11(7)8(2)9(3)12-10/h4-6H,1-3H3. The molecule has 0 saturated carbocycles. The molecule has 0 fully saturated rings. The zero-order valence-electron chi connectivity index (χ0n) is 7.64. The molecule has 0 aliphatic rings. The van der Waals surface area contributed by atoms with Gasteiger partial charge in [-0.2, -0.15) is 0 Å². The minimum atomic E-state index is 1.40. The van der Waals surface area contributed by atoms with Crippen LogP contribution in [-0.4, -0.2) is 0 Å². The Kier molecular flexibility index (Phi) is 1.69. The summed E-state index contributed by atoms with van der Waals surface area (Å²) in [6.45, 7) is 6.59. The summed E-state index contributed by atoms with van der Waals surface area (Å²) in [7, 11) is 0. The van der Waals surface area contributed by atoms with Crippen molar-refractivity contribution in [1.29, 1.82) is 0 Å². The fourth-order valence-corrected chi connectivity index (χ4v) is 2.77. The first-order valence-corrected chi connectivity index (χ1v) is 4.97. The Morgan fingerprint density at radius 3 is 2.50 bits per heavy atom. The maximum Gasteiger partial charge on any atom is 0.0350 e. The number of fused-ring (bicyclic) bond motifs is 1. The van der Waals surface area contributed by atoms with Crippen LogP contribution in [-0.2, 0) is 0 Å². The van der Waals surface area contributed by atoms with Crippen molar-refractivity contribution in [3.63, 3.8) is 0 Å². The van der Waals surface area contributed by atoms with Crippen LogP contribution in [0.1, 0.15) is 16.0 Å². The molecule has 0 bridgehead atoms.